The number of primary amides is 1. The molecule has 158 valence electrons. The van der Waals surface area contributed by atoms with Crippen molar-refractivity contribution < 1.29 is 19.1 Å². The Morgan fingerprint density at radius 2 is 1.80 bits per heavy atom. The lowest BCUT2D eigenvalue weighted by molar-refractivity contribution is -0.130. The van der Waals surface area contributed by atoms with Gasteiger partial charge in [-0.3, -0.25) is 14.5 Å². The summed E-state index contributed by atoms with van der Waals surface area (Å²) in [4.78, 5) is 38.6. The van der Waals surface area contributed by atoms with Gasteiger partial charge in [0.15, 0.2) is 0 Å². The van der Waals surface area contributed by atoms with Gasteiger partial charge in [-0.15, -0.1) is 0 Å². The molecular formula is C22H24BrN3O4. The van der Waals surface area contributed by atoms with Crippen LogP contribution in [-0.2, 0) is 27.4 Å². The number of benzene rings is 2. The Morgan fingerprint density at radius 3 is 2.47 bits per heavy atom. The Bertz CT molecular complexity index is 889. The van der Waals surface area contributed by atoms with Crippen LogP contribution in [0.4, 0.5) is 4.79 Å². The Morgan fingerprint density at radius 1 is 1.10 bits per heavy atom. The quantitative estimate of drug-likeness (QED) is 0.645. The average molecular weight is 474 g/mol. The van der Waals surface area contributed by atoms with Crippen LogP contribution < -0.4 is 11.1 Å². The number of nitrogens with zero attached hydrogens (tertiary/aromatic N) is 1. The van der Waals surface area contributed by atoms with Crippen LogP contribution >= 0.6 is 15.9 Å². The van der Waals surface area contributed by atoms with Crippen LogP contribution in [0.2, 0.25) is 0 Å². The molecule has 3 amide bonds. The zero-order chi connectivity index (χ0) is 21.5. The van der Waals surface area contributed by atoms with Crippen molar-refractivity contribution in [2.75, 3.05) is 6.54 Å². The summed E-state index contributed by atoms with van der Waals surface area (Å²) in [6.07, 6.45) is 0.933. The van der Waals surface area contributed by atoms with Crippen LogP contribution in [0.5, 0.6) is 0 Å². The second kappa shape index (κ2) is 10.2. The van der Waals surface area contributed by atoms with Crippen molar-refractivity contribution in [2.45, 2.75) is 38.0 Å². The highest BCUT2D eigenvalue weighted by molar-refractivity contribution is 9.10. The first kappa shape index (κ1) is 21.8. The first-order chi connectivity index (χ1) is 14.4. The molecule has 3 rings (SSSR count). The number of nitrogens with one attached hydrogen (secondary N) is 1. The van der Waals surface area contributed by atoms with Gasteiger partial charge in [0.1, 0.15) is 18.7 Å². The molecule has 0 bridgehead atoms. The Hall–Kier alpha value is -2.87. The van der Waals surface area contributed by atoms with Gasteiger partial charge in [0, 0.05) is 17.4 Å². The fourth-order valence-corrected chi connectivity index (χ4v) is 3.67. The number of likely N-dealkylation sites (tertiary alicyclic amines) is 1. The van der Waals surface area contributed by atoms with Crippen LogP contribution in [-0.4, -0.2) is 41.4 Å². The van der Waals surface area contributed by atoms with Crippen LogP contribution in [0.1, 0.15) is 24.0 Å². The third-order valence-corrected chi connectivity index (χ3v) is 5.54. The molecule has 0 aliphatic carbocycles. The largest absolute Gasteiger partial charge is 0.445 e. The molecule has 0 saturated carbocycles. The van der Waals surface area contributed by atoms with Crippen molar-refractivity contribution in [3.05, 3.63) is 70.2 Å². The molecule has 7 nitrogen and oxygen atoms in total. The number of hydrogen-bond donors (Lipinski definition) is 2. The molecule has 1 fully saturated rings. The molecule has 8 heteroatoms. The highest BCUT2D eigenvalue weighted by Gasteiger charge is 2.36. The number of nitrogens with two attached hydrogens (primary N) is 1. The number of hydrogen-bond acceptors (Lipinski definition) is 4. The SMILES string of the molecule is NC(=O)[C@@H](Cc1ccc(Br)cc1)NC(=O)[C@H]1CCCN1C(=O)OCc1ccccc1. The highest BCUT2D eigenvalue weighted by Crippen LogP contribution is 2.20. The summed E-state index contributed by atoms with van der Waals surface area (Å²) < 4.78 is 6.28. The first-order valence-corrected chi connectivity index (χ1v) is 10.5. The van der Waals surface area contributed by atoms with E-state index >= 15 is 0 Å². The van der Waals surface area contributed by atoms with Gasteiger partial charge in [-0.2, -0.15) is 0 Å². The Balaban J connectivity index is 1.59. The molecule has 1 aliphatic rings. The van der Waals surface area contributed by atoms with Crippen molar-refractivity contribution in [3.63, 3.8) is 0 Å². The van der Waals surface area contributed by atoms with E-state index in [1.807, 2.05) is 54.6 Å². The Labute approximate surface area is 183 Å². The molecule has 3 N–H and O–H groups in total. The van der Waals surface area contributed by atoms with Crippen molar-refractivity contribution in [2.24, 2.45) is 5.73 Å². The lowest BCUT2D eigenvalue weighted by Crippen LogP contribution is -2.53. The van der Waals surface area contributed by atoms with E-state index in [-0.39, 0.29) is 13.0 Å². The van der Waals surface area contributed by atoms with Crippen LogP contribution in [0.15, 0.2) is 59.1 Å². The summed E-state index contributed by atoms with van der Waals surface area (Å²) in [5.41, 5.74) is 7.24. The smallest absolute Gasteiger partial charge is 0.410 e. The maximum atomic E-state index is 12.8. The predicted molar refractivity (Wildman–Crippen MR) is 115 cm³/mol. The third-order valence-electron chi connectivity index (χ3n) is 5.01. The minimum Gasteiger partial charge on any atom is -0.445 e. The van der Waals surface area contributed by atoms with Crippen LogP contribution in [0.25, 0.3) is 0 Å². The third kappa shape index (κ3) is 5.82. The lowest BCUT2D eigenvalue weighted by atomic mass is 10.0. The maximum Gasteiger partial charge on any atom is 0.410 e. The van der Waals surface area contributed by atoms with E-state index in [1.165, 1.54) is 4.90 Å². The summed E-state index contributed by atoms with van der Waals surface area (Å²) in [6.45, 7) is 0.567. The molecule has 1 aliphatic heterocycles. The fraction of sp³-hybridized carbons (Fsp3) is 0.318. The monoisotopic (exact) mass is 473 g/mol. The molecule has 0 aromatic heterocycles. The molecule has 0 spiro atoms. The molecule has 1 heterocycles. The van der Waals surface area contributed by atoms with Gasteiger partial charge >= 0.3 is 6.09 Å². The van der Waals surface area contributed by atoms with E-state index in [9.17, 15) is 14.4 Å². The summed E-state index contributed by atoms with van der Waals surface area (Å²) in [7, 11) is 0. The zero-order valence-electron chi connectivity index (χ0n) is 16.4. The zero-order valence-corrected chi connectivity index (χ0v) is 18.0. The van der Waals surface area contributed by atoms with Gasteiger partial charge < -0.3 is 15.8 Å². The summed E-state index contributed by atoms with van der Waals surface area (Å²) in [6, 6.07) is 15.2. The number of amides is 3. The lowest BCUT2D eigenvalue weighted by Gasteiger charge is -2.25. The minimum atomic E-state index is -0.860. The first-order valence-electron chi connectivity index (χ1n) is 9.75. The fourth-order valence-electron chi connectivity index (χ4n) is 3.41. The van der Waals surface area contributed by atoms with E-state index in [4.69, 9.17) is 10.5 Å². The number of halogens is 1. The number of rotatable bonds is 7. The van der Waals surface area contributed by atoms with E-state index in [1.54, 1.807) is 0 Å². The Kier molecular flexibility index (Phi) is 7.46. The van der Waals surface area contributed by atoms with Gasteiger partial charge in [-0.25, -0.2) is 4.79 Å². The molecule has 1 saturated heterocycles. The van der Waals surface area contributed by atoms with E-state index in [0.29, 0.717) is 19.4 Å². The van der Waals surface area contributed by atoms with E-state index < -0.39 is 30.0 Å². The molecule has 30 heavy (non-hydrogen) atoms. The van der Waals surface area contributed by atoms with Crippen LogP contribution in [0.3, 0.4) is 0 Å². The van der Waals surface area contributed by atoms with E-state index in [0.717, 1.165) is 15.6 Å². The molecule has 0 radical (unpaired) electrons. The van der Waals surface area contributed by atoms with Gasteiger partial charge in [-0.1, -0.05) is 58.4 Å². The normalized spacial score (nSPS) is 16.7. The standard InChI is InChI=1S/C22H24BrN3O4/c23-17-10-8-15(9-11-17)13-18(20(24)27)25-21(28)19-7-4-12-26(19)22(29)30-14-16-5-2-1-3-6-16/h1-3,5-6,8-11,18-19H,4,7,12-14H2,(H2,24,27)(H,25,28)/t18-,19-/m1/s1. The topological polar surface area (TPSA) is 102 Å². The summed E-state index contributed by atoms with van der Waals surface area (Å²) >= 11 is 3.36. The molecule has 2 aromatic rings. The molecule has 2 atom stereocenters. The summed E-state index contributed by atoms with van der Waals surface area (Å²) in [5.74, 6) is -1.02. The average Bonchev–Trinajstić information content (AvgIpc) is 3.24. The van der Waals surface area contributed by atoms with Crippen molar-refractivity contribution in [1.29, 1.82) is 0 Å². The number of ether oxygens (including phenoxy) is 1. The number of carbonyl (C=O) groups is 3. The van der Waals surface area contributed by atoms with Crippen LogP contribution in [0, 0.1) is 0 Å². The number of carbonyl (C=O) groups excluding carboxylic acids is 3. The van der Waals surface area contributed by atoms with E-state index in [2.05, 4.69) is 21.2 Å². The highest BCUT2D eigenvalue weighted by atomic mass is 79.9. The second-order valence-electron chi connectivity index (χ2n) is 7.19. The second-order valence-corrected chi connectivity index (χ2v) is 8.10. The molecule has 0 unspecified atom stereocenters. The molecule has 2 aromatic carbocycles. The molecular weight excluding hydrogens is 450 g/mol. The van der Waals surface area contributed by atoms with Crippen molar-refractivity contribution in [1.82, 2.24) is 10.2 Å². The van der Waals surface area contributed by atoms with Crippen molar-refractivity contribution in [3.8, 4) is 0 Å². The van der Waals surface area contributed by atoms with Crippen molar-refractivity contribution >= 4 is 33.8 Å². The minimum absolute atomic E-state index is 0.137. The van der Waals surface area contributed by atoms with Gasteiger partial charge in [0.05, 0.1) is 0 Å². The predicted octanol–water partition coefficient (Wildman–Crippen LogP) is 2.76. The van der Waals surface area contributed by atoms with Gasteiger partial charge in [0.2, 0.25) is 11.8 Å². The summed E-state index contributed by atoms with van der Waals surface area (Å²) in [5, 5.41) is 2.71. The maximum absolute atomic E-state index is 12.8. The van der Waals surface area contributed by atoms with Gasteiger partial charge in [0.25, 0.3) is 0 Å². The van der Waals surface area contributed by atoms with Gasteiger partial charge in [-0.05, 0) is 36.1 Å².